The monoisotopic (exact) mass is 453 g/mol. The zero-order valence-corrected chi connectivity index (χ0v) is 18.5. The standard InChI is InChI=1S/C19H23N3O6S2/c1-9-8-10(17(25)26)22-15(24)13(16(22)30-9)20-14(23)12(11-6-5-7-29-11)21-18(27)28-19(2,3)4/h5-9,12-13,16H,1-4H3,(H,20,23)(H,21,27)(H,25,26)/t9?,12?,13?,16-/m1/s1. The molecule has 0 radical (unpaired) electrons. The molecule has 3 N–H and O–H groups in total. The van der Waals surface area contributed by atoms with Crippen LogP contribution in [-0.4, -0.2) is 56.2 Å². The van der Waals surface area contributed by atoms with Gasteiger partial charge in [0, 0.05) is 10.1 Å². The molecule has 2 aliphatic rings. The number of carboxylic acid groups (broad SMARTS) is 1. The molecule has 2 aliphatic heterocycles. The van der Waals surface area contributed by atoms with Gasteiger partial charge in [-0.2, -0.15) is 0 Å². The van der Waals surface area contributed by atoms with Crippen LogP contribution in [0.5, 0.6) is 0 Å². The van der Waals surface area contributed by atoms with Crippen LogP contribution in [0.1, 0.15) is 38.6 Å². The largest absolute Gasteiger partial charge is 0.477 e. The second kappa shape index (κ2) is 8.31. The number of thiophene rings is 1. The molecule has 1 aromatic rings. The Morgan fingerprint density at radius 2 is 2.00 bits per heavy atom. The van der Waals surface area contributed by atoms with Gasteiger partial charge >= 0.3 is 12.1 Å². The highest BCUT2D eigenvalue weighted by atomic mass is 32.2. The van der Waals surface area contributed by atoms with E-state index in [4.69, 9.17) is 4.74 Å². The van der Waals surface area contributed by atoms with Crippen molar-refractivity contribution in [2.45, 2.75) is 56.0 Å². The molecular weight excluding hydrogens is 430 g/mol. The van der Waals surface area contributed by atoms with Crippen molar-refractivity contribution in [3.05, 3.63) is 34.2 Å². The summed E-state index contributed by atoms with van der Waals surface area (Å²) in [5.74, 6) is -2.25. The first-order chi connectivity index (χ1) is 14.0. The van der Waals surface area contributed by atoms with Gasteiger partial charge in [-0.05, 0) is 45.2 Å². The van der Waals surface area contributed by atoms with Crippen LogP contribution in [0.3, 0.4) is 0 Å². The van der Waals surface area contributed by atoms with Crippen molar-refractivity contribution in [1.29, 1.82) is 0 Å². The Morgan fingerprint density at radius 3 is 2.57 bits per heavy atom. The van der Waals surface area contributed by atoms with Crippen LogP contribution in [0.4, 0.5) is 4.79 Å². The normalized spacial score (nSPS) is 24.1. The molecule has 1 fully saturated rings. The molecule has 30 heavy (non-hydrogen) atoms. The summed E-state index contributed by atoms with van der Waals surface area (Å²) in [5.41, 5.74) is -0.817. The number of carboxylic acids is 1. The molecule has 0 spiro atoms. The van der Waals surface area contributed by atoms with Crippen LogP contribution < -0.4 is 10.6 Å². The van der Waals surface area contributed by atoms with Crippen molar-refractivity contribution in [3.8, 4) is 0 Å². The van der Waals surface area contributed by atoms with E-state index in [2.05, 4.69) is 10.6 Å². The predicted octanol–water partition coefficient (Wildman–Crippen LogP) is 2.07. The van der Waals surface area contributed by atoms with Crippen LogP contribution >= 0.6 is 23.1 Å². The van der Waals surface area contributed by atoms with E-state index in [1.165, 1.54) is 34.1 Å². The number of β-lactam (4-membered cyclic amide) rings is 1. The molecule has 0 saturated carbocycles. The lowest BCUT2D eigenvalue weighted by molar-refractivity contribution is -0.150. The maximum Gasteiger partial charge on any atom is 0.408 e. The second-order valence-corrected chi connectivity index (χ2v) is 10.4. The van der Waals surface area contributed by atoms with E-state index < -0.39 is 46.9 Å². The number of rotatable bonds is 5. The van der Waals surface area contributed by atoms with Crippen molar-refractivity contribution in [2.75, 3.05) is 0 Å². The van der Waals surface area contributed by atoms with E-state index in [0.717, 1.165) is 0 Å². The molecule has 3 amide bonds. The van der Waals surface area contributed by atoms with Crippen LogP contribution in [-0.2, 0) is 19.1 Å². The van der Waals surface area contributed by atoms with Crippen molar-refractivity contribution in [1.82, 2.24) is 15.5 Å². The lowest BCUT2D eigenvalue weighted by Crippen LogP contribution is -2.71. The fraction of sp³-hybridized carbons (Fsp3) is 0.474. The molecule has 0 aliphatic carbocycles. The van der Waals surface area contributed by atoms with Crippen molar-refractivity contribution >= 4 is 47.0 Å². The Hall–Kier alpha value is -2.53. The molecule has 0 aromatic carbocycles. The predicted molar refractivity (Wildman–Crippen MR) is 112 cm³/mol. The zero-order chi connectivity index (χ0) is 22.2. The molecule has 0 bridgehead atoms. The molecule has 4 atom stereocenters. The minimum absolute atomic E-state index is 0.0802. The molecule has 11 heteroatoms. The van der Waals surface area contributed by atoms with Crippen molar-refractivity contribution in [3.63, 3.8) is 0 Å². The van der Waals surface area contributed by atoms with Gasteiger partial charge in [0.05, 0.1) is 0 Å². The van der Waals surface area contributed by atoms with Gasteiger partial charge in [0.15, 0.2) is 0 Å². The third-order valence-corrected chi connectivity index (χ3v) is 6.58. The molecule has 1 aromatic heterocycles. The SMILES string of the molecule is CC1C=C(C(=O)O)N2C(=O)C(NC(=O)C(NC(=O)OC(C)(C)C)c3cccs3)[C@H]2S1. The molecule has 3 unspecified atom stereocenters. The van der Waals surface area contributed by atoms with E-state index in [0.29, 0.717) is 4.88 Å². The summed E-state index contributed by atoms with van der Waals surface area (Å²) in [7, 11) is 0. The third-order valence-electron chi connectivity index (χ3n) is 4.32. The first-order valence-electron chi connectivity index (χ1n) is 9.25. The molecule has 3 rings (SSSR count). The van der Waals surface area contributed by atoms with E-state index >= 15 is 0 Å². The van der Waals surface area contributed by atoms with E-state index in [1.807, 2.05) is 6.92 Å². The minimum Gasteiger partial charge on any atom is -0.477 e. The number of carbonyl (C=O) groups excluding carboxylic acids is 3. The highest BCUT2D eigenvalue weighted by Crippen LogP contribution is 2.41. The minimum atomic E-state index is -1.19. The number of amides is 3. The molecule has 162 valence electrons. The summed E-state index contributed by atoms with van der Waals surface area (Å²) in [6.45, 7) is 6.96. The zero-order valence-electron chi connectivity index (χ0n) is 16.9. The number of ether oxygens (including phenoxy) is 1. The number of carbonyl (C=O) groups is 4. The van der Waals surface area contributed by atoms with Gasteiger partial charge in [-0.15, -0.1) is 23.1 Å². The van der Waals surface area contributed by atoms with Gasteiger partial charge in [-0.3, -0.25) is 14.5 Å². The maximum absolute atomic E-state index is 13.0. The van der Waals surface area contributed by atoms with Crippen LogP contribution in [0.15, 0.2) is 29.3 Å². The van der Waals surface area contributed by atoms with Gasteiger partial charge in [0.1, 0.15) is 28.8 Å². The summed E-state index contributed by atoms with van der Waals surface area (Å²) in [4.78, 5) is 51.0. The number of alkyl carbamates (subject to hydrolysis) is 1. The topological polar surface area (TPSA) is 125 Å². The van der Waals surface area contributed by atoms with E-state index in [-0.39, 0.29) is 10.9 Å². The van der Waals surface area contributed by atoms with Crippen LogP contribution in [0.2, 0.25) is 0 Å². The number of fused-ring (bicyclic) bond motifs is 1. The number of hydrogen-bond donors (Lipinski definition) is 3. The van der Waals surface area contributed by atoms with Crippen LogP contribution in [0, 0.1) is 0 Å². The van der Waals surface area contributed by atoms with Gasteiger partial charge < -0.3 is 20.5 Å². The lowest BCUT2D eigenvalue weighted by atomic mass is 10.0. The van der Waals surface area contributed by atoms with Crippen molar-refractivity contribution in [2.24, 2.45) is 0 Å². The Balaban J connectivity index is 1.74. The maximum atomic E-state index is 13.0. The molecule has 9 nitrogen and oxygen atoms in total. The van der Waals surface area contributed by atoms with Gasteiger partial charge in [0.25, 0.3) is 5.91 Å². The second-order valence-electron chi connectivity index (χ2n) is 7.88. The fourth-order valence-electron chi connectivity index (χ4n) is 3.11. The van der Waals surface area contributed by atoms with Crippen molar-refractivity contribution < 1.29 is 29.0 Å². The number of nitrogens with zero attached hydrogens (tertiary/aromatic N) is 1. The molecular formula is C19H23N3O6S2. The average Bonchev–Trinajstić information content (AvgIpc) is 3.16. The first kappa shape index (κ1) is 22.2. The Kier molecular flexibility index (Phi) is 6.14. The van der Waals surface area contributed by atoms with E-state index in [1.54, 1.807) is 38.3 Å². The Bertz CT molecular complexity index is 893. The first-order valence-corrected chi connectivity index (χ1v) is 11.1. The average molecular weight is 454 g/mol. The summed E-state index contributed by atoms with van der Waals surface area (Å²) in [6, 6.07) is 1.53. The number of thioether (sulfide) groups is 1. The summed E-state index contributed by atoms with van der Waals surface area (Å²) >= 11 is 2.67. The van der Waals surface area contributed by atoms with Gasteiger partial charge in [-0.1, -0.05) is 6.07 Å². The molecule has 1 saturated heterocycles. The lowest BCUT2D eigenvalue weighted by Gasteiger charge is -2.49. The summed E-state index contributed by atoms with van der Waals surface area (Å²) < 4.78 is 5.25. The Morgan fingerprint density at radius 1 is 1.30 bits per heavy atom. The molecule has 3 heterocycles. The number of aliphatic carboxylic acids is 1. The summed E-state index contributed by atoms with van der Waals surface area (Å²) in [5, 5.41) is 15.7. The highest BCUT2D eigenvalue weighted by molar-refractivity contribution is 8.00. The number of hydrogen-bond acceptors (Lipinski definition) is 7. The summed E-state index contributed by atoms with van der Waals surface area (Å²) in [6.07, 6.45) is 0.757. The van der Waals surface area contributed by atoms with Crippen LogP contribution in [0.25, 0.3) is 0 Å². The smallest absolute Gasteiger partial charge is 0.408 e. The van der Waals surface area contributed by atoms with Gasteiger partial charge in [0.2, 0.25) is 5.91 Å². The van der Waals surface area contributed by atoms with Gasteiger partial charge in [-0.25, -0.2) is 9.59 Å². The fourth-order valence-corrected chi connectivity index (χ4v) is 5.21. The van der Waals surface area contributed by atoms with E-state index in [9.17, 15) is 24.3 Å². The number of nitrogens with one attached hydrogen (secondary N) is 2. The third kappa shape index (κ3) is 4.62. The highest BCUT2D eigenvalue weighted by Gasteiger charge is 2.54. The Labute approximate surface area is 181 Å². The quantitative estimate of drug-likeness (QED) is 0.583.